The smallest absolute Gasteiger partial charge is 0.321 e. The molecule has 1 fully saturated rings. The van der Waals surface area contributed by atoms with E-state index in [1.54, 1.807) is 12.4 Å². The van der Waals surface area contributed by atoms with Gasteiger partial charge in [0.15, 0.2) is 0 Å². The summed E-state index contributed by atoms with van der Waals surface area (Å²) in [4.78, 5) is 18.1. The van der Waals surface area contributed by atoms with Crippen molar-refractivity contribution in [1.82, 2.24) is 9.88 Å². The molecule has 0 saturated carbocycles. The fourth-order valence-electron chi connectivity index (χ4n) is 2.55. The molecule has 2 aromatic rings. The highest BCUT2D eigenvalue weighted by Gasteiger charge is 2.24. The molecule has 1 atom stereocenters. The second-order valence-electron chi connectivity index (χ2n) is 5.31. The summed E-state index contributed by atoms with van der Waals surface area (Å²) in [6.45, 7) is 1.36. The summed E-state index contributed by atoms with van der Waals surface area (Å²) in [5.74, 6) is 0.797. The van der Waals surface area contributed by atoms with Gasteiger partial charge in [0.2, 0.25) is 0 Å². The Morgan fingerprint density at radius 2 is 1.95 bits per heavy atom. The SMILES string of the molecule is O=C(Nc1ccccc1)N1CCCC(Oc2ccncc2)C1. The maximum absolute atomic E-state index is 12.3. The molecule has 1 unspecified atom stereocenters. The van der Waals surface area contributed by atoms with Crippen LogP contribution >= 0.6 is 0 Å². The Balaban J connectivity index is 1.57. The van der Waals surface area contributed by atoms with E-state index in [0.717, 1.165) is 30.8 Å². The maximum Gasteiger partial charge on any atom is 0.321 e. The molecule has 22 heavy (non-hydrogen) atoms. The van der Waals surface area contributed by atoms with Crippen molar-refractivity contribution in [1.29, 1.82) is 0 Å². The lowest BCUT2D eigenvalue weighted by Gasteiger charge is -2.32. The van der Waals surface area contributed by atoms with Crippen LogP contribution in [0.3, 0.4) is 0 Å². The largest absolute Gasteiger partial charge is 0.488 e. The van der Waals surface area contributed by atoms with Gasteiger partial charge in [-0.15, -0.1) is 0 Å². The third-order valence-corrected chi connectivity index (χ3v) is 3.64. The predicted molar refractivity (Wildman–Crippen MR) is 84.9 cm³/mol. The third-order valence-electron chi connectivity index (χ3n) is 3.64. The number of nitrogens with zero attached hydrogens (tertiary/aromatic N) is 2. The van der Waals surface area contributed by atoms with Crippen LogP contribution in [-0.4, -0.2) is 35.1 Å². The van der Waals surface area contributed by atoms with Gasteiger partial charge in [0.05, 0.1) is 6.54 Å². The van der Waals surface area contributed by atoms with Crippen LogP contribution in [0, 0.1) is 0 Å². The number of ether oxygens (including phenoxy) is 1. The van der Waals surface area contributed by atoms with Gasteiger partial charge in [-0.1, -0.05) is 18.2 Å². The van der Waals surface area contributed by atoms with Crippen molar-refractivity contribution in [3.8, 4) is 5.75 Å². The topological polar surface area (TPSA) is 54.5 Å². The Kier molecular flexibility index (Phi) is 4.53. The minimum Gasteiger partial charge on any atom is -0.488 e. The van der Waals surface area contributed by atoms with Gasteiger partial charge in [0.25, 0.3) is 0 Å². The number of benzene rings is 1. The number of hydrogen-bond acceptors (Lipinski definition) is 3. The van der Waals surface area contributed by atoms with Gasteiger partial charge in [-0.25, -0.2) is 4.79 Å². The van der Waals surface area contributed by atoms with Crippen molar-refractivity contribution >= 4 is 11.7 Å². The molecule has 3 rings (SSSR count). The van der Waals surface area contributed by atoms with Crippen LogP contribution in [0.1, 0.15) is 12.8 Å². The quantitative estimate of drug-likeness (QED) is 0.947. The molecule has 0 radical (unpaired) electrons. The number of urea groups is 1. The minimum atomic E-state index is -0.0748. The molecule has 0 aliphatic carbocycles. The van der Waals surface area contributed by atoms with Gasteiger partial charge >= 0.3 is 6.03 Å². The molecule has 2 heterocycles. The number of rotatable bonds is 3. The van der Waals surface area contributed by atoms with Gasteiger partial charge in [-0.05, 0) is 37.1 Å². The number of carbonyl (C=O) groups excluding carboxylic acids is 1. The first-order chi connectivity index (χ1) is 10.8. The van der Waals surface area contributed by atoms with Crippen LogP contribution in [-0.2, 0) is 0 Å². The van der Waals surface area contributed by atoms with E-state index in [-0.39, 0.29) is 12.1 Å². The average molecular weight is 297 g/mol. The molecule has 5 nitrogen and oxygen atoms in total. The second-order valence-corrected chi connectivity index (χ2v) is 5.31. The molecule has 1 saturated heterocycles. The number of aromatic nitrogens is 1. The van der Waals surface area contributed by atoms with Crippen molar-refractivity contribution in [3.05, 3.63) is 54.9 Å². The first-order valence-electron chi connectivity index (χ1n) is 7.49. The standard InChI is InChI=1S/C17H19N3O2/c21-17(19-14-5-2-1-3-6-14)20-12-4-7-16(13-20)22-15-8-10-18-11-9-15/h1-3,5-6,8-11,16H,4,7,12-13H2,(H,19,21). The number of pyridine rings is 1. The van der Waals surface area contributed by atoms with Crippen LogP contribution in [0.2, 0.25) is 0 Å². The number of nitrogens with one attached hydrogen (secondary N) is 1. The zero-order valence-corrected chi connectivity index (χ0v) is 12.3. The lowest BCUT2D eigenvalue weighted by molar-refractivity contribution is 0.106. The first kappa shape index (κ1) is 14.4. The van der Waals surface area contributed by atoms with Crippen LogP contribution in [0.5, 0.6) is 5.75 Å². The number of hydrogen-bond donors (Lipinski definition) is 1. The van der Waals surface area contributed by atoms with Gasteiger partial charge < -0.3 is 15.0 Å². The highest BCUT2D eigenvalue weighted by atomic mass is 16.5. The van der Waals surface area contributed by atoms with E-state index in [1.165, 1.54) is 0 Å². The summed E-state index contributed by atoms with van der Waals surface area (Å²) in [5, 5.41) is 2.92. The molecular weight excluding hydrogens is 278 g/mol. The number of piperidine rings is 1. The Labute approximate surface area is 129 Å². The lowest BCUT2D eigenvalue weighted by Crippen LogP contribution is -2.46. The van der Waals surface area contributed by atoms with Crippen LogP contribution in [0.15, 0.2) is 54.9 Å². The molecular formula is C17H19N3O2. The normalized spacial score (nSPS) is 17.8. The van der Waals surface area contributed by atoms with Crippen LogP contribution < -0.4 is 10.1 Å². The predicted octanol–water partition coefficient (Wildman–Crippen LogP) is 3.16. The zero-order valence-electron chi connectivity index (χ0n) is 12.3. The summed E-state index contributed by atoms with van der Waals surface area (Å²) in [6.07, 6.45) is 5.34. The Morgan fingerprint density at radius 3 is 2.73 bits per heavy atom. The molecule has 1 aromatic heterocycles. The Bertz CT molecular complexity index is 604. The van der Waals surface area contributed by atoms with E-state index in [1.807, 2.05) is 47.4 Å². The first-order valence-corrected chi connectivity index (χ1v) is 7.49. The molecule has 0 spiro atoms. The number of anilines is 1. The van der Waals surface area contributed by atoms with Gasteiger partial charge in [-0.2, -0.15) is 0 Å². The Hall–Kier alpha value is -2.56. The minimum absolute atomic E-state index is 0.0256. The van der Waals surface area contributed by atoms with Gasteiger partial charge in [-0.3, -0.25) is 4.98 Å². The van der Waals surface area contributed by atoms with E-state index in [4.69, 9.17) is 4.74 Å². The van der Waals surface area contributed by atoms with Crippen molar-refractivity contribution in [2.75, 3.05) is 18.4 Å². The molecule has 2 amide bonds. The molecule has 0 bridgehead atoms. The van der Waals surface area contributed by atoms with E-state index >= 15 is 0 Å². The molecule has 5 heteroatoms. The lowest BCUT2D eigenvalue weighted by atomic mass is 10.1. The molecule has 1 N–H and O–H groups in total. The van der Waals surface area contributed by atoms with Crippen molar-refractivity contribution in [2.24, 2.45) is 0 Å². The van der Waals surface area contributed by atoms with E-state index in [2.05, 4.69) is 10.3 Å². The number of carbonyl (C=O) groups is 1. The van der Waals surface area contributed by atoms with E-state index < -0.39 is 0 Å². The summed E-state index contributed by atoms with van der Waals surface area (Å²) in [6, 6.07) is 13.1. The third kappa shape index (κ3) is 3.75. The van der Waals surface area contributed by atoms with E-state index in [9.17, 15) is 4.79 Å². The molecule has 1 aliphatic rings. The average Bonchev–Trinajstić information content (AvgIpc) is 2.57. The summed E-state index contributed by atoms with van der Waals surface area (Å²) in [5.41, 5.74) is 0.810. The summed E-state index contributed by atoms with van der Waals surface area (Å²) >= 11 is 0. The van der Waals surface area contributed by atoms with Gasteiger partial charge in [0, 0.05) is 24.6 Å². The molecule has 1 aliphatic heterocycles. The zero-order chi connectivity index (χ0) is 15.2. The number of amides is 2. The number of likely N-dealkylation sites (tertiary alicyclic amines) is 1. The highest BCUT2D eigenvalue weighted by Crippen LogP contribution is 2.18. The van der Waals surface area contributed by atoms with Crippen molar-refractivity contribution in [2.45, 2.75) is 18.9 Å². The fourth-order valence-corrected chi connectivity index (χ4v) is 2.55. The van der Waals surface area contributed by atoms with Crippen molar-refractivity contribution in [3.63, 3.8) is 0 Å². The summed E-state index contributed by atoms with van der Waals surface area (Å²) < 4.78 is 5.92. The maximum atomic E-state index is 12.3. The fraction of sp³-hybridized carbons (Fsp3) is 0.294. The highest BCUT2D eigenvalue weighted by molar-refractivity contribution is 5.89. The molecule has 114 valence electrons. The summed E-state index contributed by atoms with van der Waals surface area (Å²) in [7, 11) is 0. The molecule has 1 aromatic carbocycles. The van der Waals surface area contributed by atoms with Gasteiger partial charge in [0.1, 0.15) is 11.9 Å². The monoisotopic (exact) mass is 297 g/mol. The van der Waals surface area contributed by atoms with E-state index in [0.29, 0.717) is 6.54 Å². The van der Waals surface area contributed by atoms with Crippen LogP contribution in [0.25, 0.3) is 0 Å². The van der Waals surface area contributed by atoms with Crippen molar-refractivity contribution < 1.29 is 9.53 Å². The Morgan fingerprint density at radius 1 is 1.18 bits per heavy atom. The second kappa shape index (κ2) is 6.93. The number of para-hydroxylation sites is 1. The van der Waals surface area contributed by atoms with Crippen LogP contribution in [0.4, 0.5) is 10.5 Å².